The number of aliphatic hydroxyl groups is 2. The second kappa shape index (κ2) is 7.95. The third kappa shape index (κ3) is 2.97. The molecule has 1 aliphatic carbocycles. The lowest BCUT2D eigenvalue weighted by Crippen LogP contribution is -3.17. The van der Waals surface area contributed by atoms with Gasteiger partial charge in [-0.1, -0.05) is 6.92 Å². The largest absolute Gasteiger partial charge is 0.504 e. The summed E-state index contributed by atoms with van der Waals surface area (Å²) in [6, 6.07) is 0.819. The molecule has 0 spiro atoms. The predicted octanol–water partition coefficient (Wildman–Crippen LogP) is -1.09. The first-order valence-corrected chi connectivity index (χ1v) is 12.3. The van der Waals surface area contributed by atoms with Crippen LogP contribution in [0.2, 0.25) is 0 Å². The predicted molar refractivity (Wildman–Crippen MR) is 125 cm³/mol. The molecule has 5 aliphatic rings. The number of carbonyl (C=O) groups excluding carboxylic acids is 2. The Morgan fingerprint density at radius 2 is 1.95 bits per heavy atom. The Balaban J connectivity index is 1.59. The highest BCUT2D eigenvalue weighted by molar-refractivity contribution is 6.28. The number of allylic oxidation sites excluding steroid dienone is 2. The Hall–Kier alpha value is -3.09. The van der Waals surface area contributed by atoms with Gasteiger partial charge in [0.2, 0.25) is 6.29 Å². The molecule has 0 radical (unpaired) electrons. The number of hydrogen-bond donors (Lipinski definition) is 4. The molecule has 4 N–H and O–H groups in total. The van der Waals surface area contributed by atoms with Crippen molar-refractivity contribution in [2.45, 2.75) is 69.5 Å². The van der Waals surface area contributed by atoms with Crippen LogP contribution in [0.5, 0.6) is 11.5 Å². The van der Waals surface area contributed by atoms with Gasteiger partial charge in [-0.25, -0.2) is 4.79 Å². The molecule has 0 amide bonds. The van der Waals surface area contributed by atoms with Gasteiger partial charge >= 0.3 is 5.97 Å². The number of aliphatic hydroxyl groups excluding tert-OH is 1. The number of carbonyl (C=O) groups is 2. The van der Waals surface area contributed by atoms with Crippen molar-refractivity contribution in [1.82, 2.24) is 0 Å². The van der Waals surface area contributed by atoms with E-state index in [2.05, 4.69) is 0 Å². The lowest BCUT2D eigenvalue weighted by atomic mass is 9.82. The van der Waals surface area contributed by atoms with E-state index < -0.39 is 58.8 Å². The van der Waals surface area contributed by atoms with Gasteiger partial charge in [0.15, 0.2) is 46.7 Å². The van der Waals surface area contributed by atoms with Gasteiger partial charge in [-0.3, -0.25) is 14.5 Å². The van der Waals surface area contributed by atoms with Crippen molar-refractivity contribution in [3.63, 3.8) is 0 Å². The van der Waals surface area contributed by atoms with E-state index in [-0.39, 0.29) is 41.0 Å². The number of hydrogen-bond acceptors (Lipinski definition) is 10. The molecule has 2 fully saturated rings. The molecule has 2 saturated heterocycles. The third-order valence-electron chi connectivity index (χ3n) is 8.18. The van der Waals surface area contributed by atoms with Crippen molar-refractivity contribution in [1.29, 1.82) is 0 Å². The zero-order valence-corrected chi connectivity index (χ0v) is 20.7. The first-order valence-electron chi connectivity index (χ1n) is 12.3. The minimum absolute atomic E-state index is 0.0533. The number of methoxy groups -OCH3 is 1. The number of rotatable bonds is 2. The van der Waals surface area contributed by atoms with E-state index in [0.29, 0.717) is 17.7 Å². The van der Waals surface area contributed by atoms with E-state index in [9.17, 15) is 29.7 Å². The molecule has 196 valence electrons. The fourth-order valence-corrected chi connectivity index (χ4v) is 6.42. The number of ether oxygens (including phenoxy) is 4. The summed E-state index contributed by atoms with van der Waals surface area (Å²) in [6.45, 7) is 5.41. The summed E-state index contributed by atoms with van der Waals surface area (Å²) in [6.07, 6.45) is -3.16. The maximum absolute atomic E-state index is 13.8. The molecule has 6 rings (SSSR count). The molecule has 37 heavy (non-hydrogen) atoms. The monoisotopic (exact) mass is 514 g/mol. The Bertz CT molecular complexity index is 1380. The van der Waals surface area contributed by atoms with Gasteiger partial charge in [0, 0.05) is 23.8 Å². The van der Waals surface area contributed by atoms with Crippen molar-refractivity contribution in [3.8, 4) is 11.5 Å². The van der Waals surface area contributed by atoms with Crippen LogP contribution in [0.4, 0.5) is 0 Å². The molecule has 11 nitrogen and oxygen atoms in total. The Morgan fingerprint density at radius 3 is 2.62 bits per heavy atom. The quantitative estimate of drug-likeness (QED) is 0.358. The number of aromatic hydroxyl groups is 1. The number of nitrogens with one attached hydrogen (secondary N) is 1. The van der Waals surface area contributed by atoms with E-state index in [4.69, 9.17) is 18.9 Å². The second-order valence-corrected chi connectivity index (χ2v) is 10.2. The normalized spacial score (nSPS) is 37.6. The molecule has 4 aliphatic heterocycles. The average molecular weight is 515 g/mol. The Kier molecular flexibility index (Phi) is 5.21. The third-order valence-corrected chi connectivity index (χ3v) is 8.18. The fraction of sp³-hybridized carbons (Fsp3) is 0.500. The zero-order valence-electron chi connectivity index (χ0n) is 20.7. The summed E-state index contributed by atoms with van der Waals surface area (Å²) in [4.78, 5) is 40.3. The molecule has 8 atom stereocenters. The standard InChI is InChI=1S/C26H27NO10/c1-5-14-19-17-11(6-9(2)27(19)8-15(29)36-14)16-12(20(17)30)7-13(28)18-23(21(16)31)37-25-26(18,33)24(32)22(34-4)10(3)35-25/h6-7,9-10,14,22,24-25,31-33H,5,8H2,1-4H3/p+1. The molecule has 8 unspecified atom stereocenters. The molecule has 4 heterocycles. The minimum Gasteiger partial charge on any atom is -0.504 e. The molecule has 1 aromatic rings. The van der Waals surface area contributed by atoms with E-state index in [1.807, 2.05) is 13.8 Å². The van der Waals surface area contributed by atoms with Gasteiger partial charge in [-0.15, -0.1) is 0 Å². The molecule has 0 bridgehead atoms. The summed E-state index contributed by atoms with van der Waals surface area (Å²) in [7, 11) is 1.34. The van der Waals surface area contributed by atoms with E-state index in [1.165, 1.54) is 7.11 Å². The van der Waals surface area contributed by atoms with E-state index >= 15 is 0 Å². The summed E-state index contributed by atoms with van der Waals surface area (Å²) >= 11 is 0. The zero-order chi connectivity index (χ0) is 26.5. The lowest BCUT2D eigenvalue weighted by Gasteiger charge is -2.44. The van der Waals surface area contributed by atoms with Crippen molar-refractivity contribution >= 4 is 17.3 Å². The van der Waals surface area contributed by atoms with Crippen molar-refractivity contribution in [2.75, 3.05) is 13.7 Å². The van der Waals surface area contributed by atoms with Gasteiger partial charge in [-0.05, 0) is 32.4 Å². The van der Waals surface area contributed by atoms with Gasteiger partial charge in [-0.2, -0.15) is 0 Å². The van der Waals surface area contributed by atoms with Crippen LogP contribution in [0.3, 0.4) is 0 Å². The smallest absolute Gasteiger partial charge is 0.362 e. The second-order valence-electron chi connectivity index (χ2n) is 10.2. The van der Waals surface area contributed by atoms with Gasteiger partial charge in [0.05, 0.1) is 17.2 Å². The number of quaternary nitrogens is 1. The lowest BCUT2D eigenvalue weighted by molar-refractivity contribution is -0.879. The van der Waals surface area contributed by atoms with Gasteiger partial charge < -0.3 is 34.3 Å². The number of Topliss-reactive ketones (excluding diaryl/α,β-unsaturated/α-hetero) is 1. The van der Waals surface area contributed by atoms with Crippen LogP contribution in [0, 0.1) is 0 Å². The number of fused-ring (bicyclic) bond motifs is 7. The van der Waals surface area contributed by atoms with Crippen LogP contribution in [0.1, 0.15) is 48.7 Å². The Morgan fingerprint density at radius 1 is 1.22 bits per heavy atom. The molecule has 1 aromatic carbocycles. The highest BCUT2D eigenvalue weighted by Gasteiger charge is 2.63. The molecular weight excluding hydrogens is 486 g/mol. The molecular formula is C26H28NO10+. The summed E-state index contributed by atoms with van der Waals surface area (Å²) < 4.78 is 22.3. The maximum atomic E-state index is 13.8. The van der Waals surface area contributed by atoms with Crippen molar-refractivity contribution in [2.24, 2.45) is 0 Å². The van der Waals surface area contributed by atoms with E-state index in [1.54, 1.807) is 13.0 Å². The van der Waals surface area contributed by atoms with Crippen LogP contribution in [-0.4, -0.2) is 77.5 Å². The van der Waals surface area contributed by atoms with Crippen LogP contribution < -0.4 is 15.1 Å². The molecule has 11 heteroatoms. The Labute approximate surface area is 211 Å². The van der Waals surface area contributed by atoms with Gasteiger partial charge in [0.25, 0.3) is 0 Å². The molecule has 0 aromatic heterocycles. The minimum atomic E-state index is -2.34. The van der Waals surface area contributed by atoms with Crippen molar-refractivity contribution in [3.05, 3.63) is 50.3 Å². The summed E-state index contributed by atoms with van der Waals surface area (Å²) in [5, 5.41) is 34.1. The topological polar surface area (TPSA) is 153 Å². The van der Waals surface area contributed by atoms with Crippen LogP contribution >= 0.6 is 0 Å². The van der Waals surface area contributed by atoms with Crippen LogP contribution in [-0.2, 0) is 24.6 Å². The highest BCUT2D eigenvalue weighted by atomic mass is 16.7. The number of ketones is 1. The van der Waals surface area contributed by atoms with E-state index in [0.717, 1.165) is 11.0 Å². The fourth-order valence-electron chi connectivity index (χ4n) is 6.42. The van der Waals surface area contributed by atoms with Crippen molar-refractivity contribution < 1.29 is 48.8 Å². The van der Waals surface area contributed by atoms with Gasteiger partial charge in [0.1, 0.15) is 18.2 Å². The number of cyclic esters (lactones) is 1. The SMILES string of the molecule is CCC1OC(=O)C[NH+]2C1=C1C(=O)c3cc(=O)c4c(c(O)c3C1=CC2C)OC1OC(C)C(OC)C(O)C41O. The maximum Gasteiger partial charge on any atom is 0.362 e. The molecule has 0 saturated carbocycles. The highest BCUT2D eigenvalue weighted by Crippen LogP contribution is 2.54. The summed E-state index contributed by atoms with van der Waals surface area (Å²) in [5.41, 5.74) is -2.20. The first-order chi connectivity index (χ1) is 17.5. The van der Waals surface area contributed by atoms with Crippen LogP contribution in [0.25, 0.3) is 5.57 Å². The number of morpholine rings is 1. The first kappa shape index (κ1) is 24.3. The van der Waals surface area contributed by atoms with Crippen LogP contribution in [0.15, 0.2) is 28.2 Å². The number of esters is 1. The average Bonchev–Trinajstić information content (AvgIpc) is 3.26. The summed E-state index contributed by atoms with van der Waals surface area (Å²) in [5.74, 6) is -1.73.